The summed E-state index contributed by atoms with van der Waals surface area (Å²) < 4.78 is 38.5. The average molecular weight is 611 g/mol. The van der Waals surface area contributed by atoms with Crippen LogP contribution in [0.15, 0.2) is 46.9 Å². The summed E-state index contributed by atoms with van der Waals surface area (Å²) in [5, 5.41) is 2.95. The maximum absolute atomic E-state index is 13.4. The number of hydrogen-bond donors (Lipinski definition) is 1. The second-order valence-electron chi connectivity index (χ2n) is 9.41. The molecule has 1 N–H and O–H groups in total. The van der Waals surface area contributed by atoms with E-state index in [2.05, 4.69) is 21.2 Å². The molecule has 0 bridgehead atoms. The number of ether oxygens (including phenoxy) is 2. The van der Waals surface area contributed by atoms with Gasteiger partial charge in [0.25, 0.3) is 0 Å². The summed E-state index contributed by atoms with van der Waals surface area (Å²) in [5.41, 5.74) is 1.32. The fourth-order valence-corrected chi connectivity index (χ4v) is 5.48. The number of rotatable bonds is 12. The van der Waals surface area contributed by atoms with Crippen molar-refractivity contribution in [2.75, 3.05) is 30.3 Å². The molecular formula is C27H36BrN3O6S. The number of fused-ring (bicyclic) bond motifs is 1. The minimum absolute atomic E-state index is 0.0120. The van der Waals surface area contributed by atoms with Crippen LogP contribution in [-0.4, -0.2) is 63.2 Å². The number of anilines is 1. The quantitative estimate of drug-likeness (QED) is 0.388. The molecule has 1 aliphatic heterocycles. The number of carbonyl (C=O) groups is 2. The zero-order chi connectivity index (χ0) is 27.9. The molecule has 2 unspecified atom stereocenters. The Bertz CT molecular complexity index is 1240. The van der Waals surface area contributed by atoms with Gasteiger partial charge in [-0.2, -0.15) is 0 Å². The third kappa shape index (κ3) is 8.10. The highest BCUT2D eigenvalue weighted by Crippen LogP contribution is 2.34. The van der Waals surface area contributed by atoms with E-state index in [9.17, 15) is 18.0 Å². The summed E-state index contributed by atoms with van der Waals surface area (Å²) in [5.74, 6) is 0.598. The summed E-state index contributed by atoms with van der Waals surface area (Å²) in [7, 11) is -3.62. The largest absolute Gasteiger partial charge is 0.486 e. The Morgan fingerprint density at radius 2 is 1.79 bits per heavy atom. The Morgan fingerprint density at radius 3 is 2.45 bits per heavy atom. The molecule has 0 spiro atoms. The van der Waals surface area contributed by atoms with Gasteiger partial charge in [-0.15, -0.1) is 0 Å². The van der Waals surface area contributed by atoms with Crippen LogP contribution in [-0.2, 0) is 26.2 Å². The van der Waals surface area contributed by atoms with Gasteiger partial charge in [-0.05, 0) is 56.5 Å². The summed E-state index contributed by atoms with van der Waals surface area (Å²) in [6.07, 6.45) is 2.26. The van der Waals surface area contributed by atoms with Gasteiger partial charge in [-0.1, -0.05) is 35.0 Å². The van der Waals surface area contributed by atoms with Crippen molar-refractivity contribution in [2.45, 2.75) is 58.7 Å². The Kier molecular flexibility index (Phi) is 10.4. The minimum Gasteiger partial charge on any atom is -0.486 e. The molecule has 208 valence electrons. The second kappa shape index (κ2) is 13.3. The van der Waals surface area contributed by atoms with Gasteiger partial charge in [-0.25, -0.2) is 8.42 Å². The highest BCUT2D eigenvalue weighted by Gasteiger charge is 2.27. The zero-order valence-corrected chi connectivity index (χ0v) is 24.7. The summed E-state index contributed by atoms with van der Waals surface area (Å²) in [6, 6.07) is 11.9. The van der Waals surface area contributed by atoms with E-state index in [0.717, 1.165) is 22.7 Å². The number of halogens is 1. The molecule has 38 heavy (non-hydrogen) atoms. The van der Waals surface area contributed by atoms with Crippen LogP contribution in [0.1, 0.15) is 45.6 Å². The van der Waals surface area contributed by atoms with E-state index in [4.69, 9.17) is 9.47 Å². The number of nitrogens with zero attached hydrogens (tertiary/aromatic N) is 2. The van der Waals surface area contributed by atoms with Crippen LogP contribution in [0.25, 0.3) is 0 Å². The molecule has 2 amide bonds. The van der Waals surface area contributed by atoms with E-state index >= 15 is 0 Å². The molecule has 11 heteroatoms. The van der Waals surface area contributed by atoms with Gasteiger partial charge in [0.2, 0.25) is 21.8 Å². The Balaban J connectivity index is 1.74. The van der Waals surface area contributed by atoms with Crippen molar-refractivity contribution in [1.82, 2.24) is 10.2 Å². The molecule has 0 saturated carbocycles. The summed E-state index contributed by atoms with van der Waals surface area (Å²) >= 11 is 3.46. The van der Waals surface area contributed by atoms with Crippen molar-refractivity contribution in [3.63, 3.8) is 0 Å². The Hall–Kier alpha value is -2.79. The number of benzene rings is 2. The van der Waals surface area contributed by atoms with Crippen LogP contribution >= 0.6 is 15.9 Å². The Labute approximate surface area is 233 Å². The monoisotopic (exact) mass is 609 g/mol. The van der Waals surface area contributed by atoms with E-state index in [1.807, 2.05) is 38.1 Å². The summed E-state index contributed by atoms with van der Waals surface area (Å²) in [6.45, 7) is 6.80. The first-order chi connectivity index (χ1) is 18.0. The average Bonchev–Trinajstić information content (AvgIpc) is 2.88. The van der Waals surface area contributed by atoms with Gasteiger partial charge in [0, 0.05) is 36.1 Å². The molecule has 2 atom stereocenters. The number of nitrogens with one attached hydrogen (secondary N) is 1. The molecule has 3 rings (SSSR count). The Morgan fingerprint density at radius 1 is 1.08 bits per heavy atom. The smallest absolute Gasteiger partial charge is 0.242 e. The first-order valence-electron chi connectivity index (χ1n) is 12.7. The SMILES string of the molecule is CCC(C)NC(=O)C(C)N(Cc1cccc(Br)c1)C(=O)CCCN(c1ccc2c(c1)OCCO2)S(C)(=O)=O. The molecule has 0 aliphatic carbocycles. The molecule has 0 radical (unpaired) electrons. The predicted octanol–water partition coefficient (Wildman–Crippen LogP) is 4.10. The molecule has 0 fully saturated rings. The maximum atomic E-state index is 13.4. The number of hydrogen-bond acceptors (Lipinski definition) is 6. The molecule has 1 heterocycles. The lowest BCUT2D eigenvalue weighted by molar-refractivity contribution is -0.140. The number of sulfonamides is 1. The second-order valence-corrected chi connectivity index (χ2v) is 12.2. The van der Waals surface area contributed by atoms with E-state index in [0.29, 0.717) is 30.4 Å². The minimum atomic E-state index is -3.62. The van der Waals surface area contributed by atoms with E-state index in [1.54, 1.807) is 30.0 Å². The van der Waals surface area contributed by atoms with Crippen molar-refractivity contribution < 1.29 is 27.5 Å². The van der Waals surface area contributed by atoms with Gasteiger partial charge in [0.15, 0.2) is 11.5 Å². The van der Waals surface area contributed by atoms with Crippen molar-refractivity contribution in [1.29, 1.82) is 0 Å². The predicted molar refractivity (Wildman–Crippen MR) is 151 cm³/mol. The normalized spacial score (nSPS) is 14.3. The van der Waals surface area contributed by atoms with Crippen molar-refractivity contribution in [3.8, 4) is 11.5 Å². The number of carbonyl (C=O) groups excluding carboxylic acids is 2. The van der Waals surface area contributed by atoms with Gasteiger partial charge in [-0.3, -0.25) is 13.9 Å². The summed E-state index contributed by atoms with van der Waals surface area (Å²) in [4.78, 5) is 27.9. The molecule has 9 nitrogen and oxygen atoms in total. The highest BCUT2D eigenvalue weighted by atomic mass is 79.9. The van der Waals surface area contributed by atoms with Crippen LogP contribution in [0.2, 0.25) is 0 Å². The third-order valence-electron chi connectivity index (χ3n) is 6.38. The zero-order valence-electron chi connectivity index (χ0n) is 22.3. The topological polar surface area (TPSA) is 105 Å². The van der Waals surface area contributed by atoms with E-state index in [1.165, 1.54) is 4.31 Å². The van der Waals surface area contributed by atoms with Crippen LogP contribution in [0, 0.1) is 0 Å². The molecule has 0 aromatic heterocycles. The lowest BCUT2D eigenvalue weighted by Gasteiger charge is -2.30. The van der Waals surface area contributed by atoms with Crippen LogP contribution in [0.3, 0.4) is 0 Å². The molecule has 2 aromatic carbocycles. The fraction of sp³-hybridized carbons (Fsp3) is 0.481. The molecule has 1 aliphatic rings. The lowest BCUT2D eigenvalue weighted by atomic mass is 10.1. The van der Waals surface area contributed by atoms with Gasteiger partial charge < -0.3 is 19.7 Å². The first-order valence-corrected chi connectivity index (χ1v) is 15.4. The molecule has 0 saturated heterocycles. The van der Waals surface area contributed by atoms with Crippen molar-refractivity contribution in [3.05, 3.63) is 52.5 Å². The van der Waals surface area contributed by atoms with Crippen molar-refractivity contribution >= 4 is 43.5 Å². The maximum Gasteiger partial charge on any atom is 0.242 e. The van der Waals surface area contributed by atoms with E-state index in [-0.39, 0.29) is 43.8 Å². The molecule has 2 aromatic rings. The third-order valence-corrected chi connectivity index (χ3v) is 8.06. The highest BCUT2D eigenvalue weighted by molar-refractivity contribution is 9.10. The lowest BCUT2D eigenvalue weighted by Crippen LogP contribution is -2.49. The van der Waals surface area contributed by atoms with Gasteiger partial charge in [0.1, 0.15) is 19.3 Å². The van der Waals surface area contributed by atoms with Crippen LogP contribution in [0.5, 0.6) is 11.5 Å². The first kappa shape index (κ1) is 29.8. The van der Waals surface area contributed by atoms with E-state index < -0.39 is 16.1 Å². The molecular weight excluding hydrogens is 574 g/mol. The fourth-order valence-electron chi connectivity index (χ4n) is 4.07. The van der Waals surface area contributed by atoms with Crippen LogP contribution < -0.4 is 19.1 Å². The van der Waals surface area contributed by atoms with Gasteiger partial charge in [0.05, 0.1) is 11.9 Å². The van der Waals surface area contributed by atoms with Crippen molar-refractivity contribution in [2.24, 2.45) is 0 Å². The number of amides is 2. The van der Waals surface area contributed by atoms with Crippen LogP contribution in [0.4, 0.5) is 5.69 Å². The standard InChI is InChI=1S/C27H36BrN3O6S/c1-5-19(2)29-27(33)20(3)30(18-21-8-6-9-22(28)16-21)26(32)10-7-13-31(38(4,34)35)23-11-12-24-25(17-23)37-15-14-36-24/h6,8-9,11-12,16-17,19-20H,5,7,10,13-15,18H2,1-4H3,(H,29,33). The van der Waals surface area contributed by atoms with Gasteiger partial charge >= 0.3 is 0 Å².